The van der Waals surface area contributed by atoms with E-state index in [0.717, 1.165) is 40.9 Å². The summed E-state index contributed by atoms with van der Waals surface area (Å²) in [4.78, 5) is 18.1. The zero-order valence-corrected chi connectivity index (χ0v) is 16.3. The van der Waals surface area contributed by atoms with E-state index in [9.17, 15) is 4.79 Å². The van der Waals surface area contributed by atoms with Gasteiger partial charge in [-0.25, -0.2) is 0 Å². The zero-order chi connectivity index (χ0) is 19.0. The highest BCUT2D eigenvalue weighted by Crippen LogP contribution is 2.41. The molecule has 0 saturated heterocycles. The molecule has 3 aromatic rings. The van der Waals surface area contributed by atoms with E-state index < -0.39 is 0 Å². The summed E-state index contributed by atoms with van der Waals surface area (Å²) in [5.74, 6) is 0.224. The van der Waals surface area contributed by atoms with Crippen molar-refractivity contribution in [3.8, 4) is 11.1 Å². The molecule has 0 atom stereocenters. The van der Waals surface area contributed by atoms with E-state index in [0.29, 0.717) is 6.42 Å². The average Bonchev–Trinajstić information content (AvgIpc) is 2.63. The number of benzene rings is 2. The number of fused-ring (bicyclic) bond motifs is 1. The van der Waals surface area contributed by atoms with E-state index in [4.69, 9.17) is 4.98 Å². The highest BCUT2D eigenvalue weighted by Gasteiger charge is 2.35. The molecule has 27 heavy (non-hydrogen) atoms. The molecular formula is C25H25NO. The fourth-order valence-corrected chi connectivity index (χ4v) is 4.21. The van der Waals surface area contributed by atoms with Gasteiger partial charge in [-0.05, 0) is 47.4 Å². The molecular weight excluding hydrogens is 330 g/mol. The van der Waals surface area contributed by atoms with Crippen molar-refractivity contribution in [3.63, 3.8) is 0 Å². The molecule has 0 aliphatic heterocycles. The number of nitrogens with zero attached hydrogens (tertiary/aromatic N) is 1. The lowest BCUT2D eigenvalue weighted by Crippen LogP contribution is -2.29. The maximum Gasteiger partial charge on any atom is 0.165 e. The predicted molar refractivity (Wildman–Crippen MR) is 110 cm³/mol. The molecule has 136 valence electrons. The fraction of sp³-hybridized carbons (Fsp3) is 0.280. The van der Waals surface area contributed by atoms with Crippen LogP contribution in [0.2, 0.25) is 0 Å². The molecule has 0 radical (unpaired) electrons. The number of ketones is 1. The Bertz CT molecular complexity index is 988. The third-order valence-electron chi connectivity index (χ3n) is 5.43. The molecule has 1 aliphatic rings. The van der Waals surface area contributed by atoms with Crippen LogP contribution < -0.4 is 0 Å². The Morgan fingerprint density at radius 1 is 0.889 bits per heavy atom. The molecule has 1 aromatic heterocycles. The summed E-state index contributed by atoms with van der Waals surface area (Å²) in [7, 11) is 0. The Labute approximate surface area is 161 Å². The van der Waals surface area contributed by atoms with Crippen LogP contribution in [0, 0.1) is 12.3 Å². The summed E-state index contributed by atoms with van der Waals surface area (Å²) in [6.07, 6.45) is 2.21. The number of hydrogen-bond acceptors (Lipinski definition) is 2. The first kappa shape index (κ1) is 17.7. The third-order valence-corrected chi connectivity index (χ3v) is 5.43. The summed E-state index contributed by atoms with van der Waals surface area (Å²) in [6.45, 7) is 6.40. The third kappa shape index (κ3) is 3.44. The van der Waals surface area contributed by atoms with E-state index in [1.807, 2.05) is 24.3 Å². The molecule has 2 aromatic carbocycles. The molecule has 2 nitrogen and oxygen atoms in total. The minimum absolute atomic E-state index is 0.0293. The zero-order valence-electron chi connectivity index (χ0n) is 16.3. The standard InChI is InChI=1S/C25H25NO/c1-17-20(14-18-10-6-4-7-11-18)23(19-12-8-5-9-13-19)24-21(26-17)15-25(2,3)16-22(24)27/h4-13H,14-16H2,1-3H3. The molecule has 2 heteroatoms. The van der Waals surface area contributed by atoms with Crippen LogP contribution in [0.1, 0.15) is 53.1 Å². The Hall–Kier alpha value is -2.74. The summed E-state index contributed by atoms with van der Waals surface area (Å²) >= 11 is 0. The topological polar surface area (TPSA) is 30.0 Å². The summed E-state index contributed by atoms with van der Waals surface area (Å²) < 4.78 is 0. The monoisotopic (exact) mass is 355 g/mol. The molecule has 0 unspecified atom stereocenters. The van der Waals surface area contributed by atoms with Crippen molar-refractivity contribution in [1.29, 1.82) is 0 Å². The van der Waals surface area contributed by atoms with E-state index in [1.165, 1.54) is 11.1 Å². The van der Waals surface area contributed by atoms with Gasteiger partial charge in [0, 0.05) is 17.7 Å². The lowest BCUT2D eigenvalue weighted by atomic mass is 9.73. The van der Waals surface area contributed by atoms with Crippen LogP contribution in [0.3, 0.4) is 0 Å². The van der Waals surface area contributed by atoms with Gasteiger partial charge >= 0.3 is 0 Å². The van der Waals surface area contributed by atoms with Crippen LogP contribution in [-0.4, -0.2) is 10.8 Å². The molecule has 0 amide bonds. The minimum Gasteiger partial charge on any atom is -0.294 e. The first-order valence-corrected chi connectivity index (χ1v) is 9.59. The summed E-state index contributed by atoms with van der Waals surface area (Å²) in [5.41, 5.74) is 7.41. The smallest absolute Gasteiger partial charge is 0.165 e. The lowest BCUT2D eigenvalue weighted by molar-refractivity contribution is 0.0911. The normalized spacial score (nSPS) is 15.4. The van der Waals surface area contributed by atoms with Crippen molar-refractivity contribution in [2.75, 3.05) is 0 Å². The number of carbonyl (C=O) groups excluding carboxylic acids is 1. The fourth-order valence-electron chi connectivity index (χ4n) is 4.21. The molecule has 1 aliphatic carbocycles. The maximum absolute atomic E-state index is 13.2. The minimum atomic E-state index is -0.0293. The molecule has 0 N–H and O–H groups in total. The number of carbonyl (C=O) groups is 1. The lowest BCUT2D eigenvalue weighted by Gasteiger charge is -2.32. The molecule has 0 spiro atoms. The SMILES string of the molecule is Cc1nc2c(c(-c3ccccc3)c1Cc1ccccc1)C(=O)CC(C)(C)C2. The predicted octanol–water partition coefficient (Wildman–Crippen LogP) is 5.80. The second-order valence-electron chi connectivity index (χ2n) is 8.34. The van der Waals surface area contributed by atoms with E-state index >= 15 is 0 Å². The Morgan fingerprint density at radius 2 is 1.52 bits per heavy atom. The summed E-state index contributed by atoms with van der Waals surface area (Å²) in [5, 5.41) is 0. The van der Waals surface area contributed by atoms with Gasteiger partial charge in [0.25, 0.3) is 0 Å². The number of pyridine rings is 1. The van der Waals surface area contributed by atoms with Gasteiger partial charge < -0.3 is 0 Å². The van der Waals surface area contributed by atoms with Crippen LogP contribution in [-0.2, 0) is 12.8 Å². The number of aryl methyl sites for hydroxylation is 1. The van der Waals surface area contributed by atoms with Gasteiger partial charge in [-0.15, -0.1) is 0 Å². The quantitative estimate of drug-likeness (QED) is 0.594. The van der Waals surface area contributed by atoms with Crippen LogP contribution in [0.25, 0.3) is 11.1 Å². The second kappa shape index (κ2) is 6.77. The van der Waals surface area contributed by atoms with Crippen LogP contribution in [0.15, 0.2) is 60.7 Å². The van der Waals surface area contributed by atoms with Gasteiger partial charge in [0.2, 0.25) is 0 Å². The largest absolute Gasteiger partial charge is 0.294 e. The highest BCUT2D eigenvalue weighted by atomic mass is 16.1. The second-order valence-corrected chi connectivity index (χ2v) is 8.34. The van der Waals surface area contributed by atoms with Crippen molar-refractivity contribution in [3.05, 3.63) is 88.7 Å². The van der Waals surface area contributed by atoms with Crippen molar-refractivity contribution in [2.45, 2.75) is 40.0 Å². The Kier molecular flexibility index (Phi) is 4.43. The molecule has 0 saturated carbocycles. The van der Waals surface area contributed by atoms with Gasteiger partial charge in [-0.3, -0.25) is 9.78 Å². The number of Topliss-reactive ketones (excluding diaryl/α,β-unsaturated/α-hetero) is 1. The molecule has 0 bridgehead atoms. The van der Waals surface area contributed by atoms with Gasteiger partial charge in [-0.2, -0.15) is 0 Å². The molecule has 1 heterocycles. The molecule has 4 rings (SSSR count). The van der Waals surface area contributed by atoms with Gasteiger partial charge in [0.05, 0.1) is 5.69 Å². The first-order valence-electron chi connectivity index (χ1n) is 9.59. The highest BCUT2D eigenvalue weighted by molar-refractivity contribution is 6.05. The van der Waals surface area contributed by atoms with Crippen molar-refractivity contribution < 1.29 is 4.79 Å². The van der Waals surface area contributed by atoms with Crippen molar-refractivity contribution in [2.24, 2.45) is 5.41 Å². The summed E-state index contributed by atoms with van der Waals surface area (Å²) in [6, 6.07) is 20.8. The number of rotatable bonds is 3. The van der Waals surface area contributed by atoms with E-state index in [1.54, 1.807) is 0 Å². The van der Waals surface area contributed by atoms with E-state index in [-0.39, 0.29) is 11.2 Å². The van der Waals surface area contributed by atoms with Gasteiger partial charge in [-0.1, -0.05) is 74.5 Å². The van der Waals surface area contributed by atoms with Crippen molar-refractivity contribution in [1.82, 2.24) is 4.98 Å². The van der Waals surface area contributed by atoms with Crippen LogP contribution >= 0.6 is 0 Å². The van der Waals surface area contributed by atoms with Crippen LogP contribution in [0.4, 0.5) is 0 Å². The number of hydrogen-bond donors (Lipinski definition) is 0. The Morgan fingerprint density at radius 3 is 2.19 bits per heavy atom. The van der Waals surface area contributed by atoms with E-state index in [2.05, 4.69) is 57.2 Å². The van der Waals surface area contributed by atoms with Crippen LogP contribution in [0.5, 0.6) is 0 Å². The average molecular weight is 355 g/mol. The maximum atomic E-state index is 13.2. The molecule has 0 fully saturated rings. The first-order chi connectivity index (χ1) is 12.9. The van der Waals surface area contributed by atoms with Gasteiger partial charge in [0.15, 0.2) is 5.78 Å². The van der Waals surface area contributed by atoms with Crippen molar-refractivity contribution >= 4 is 5.78 Å². The van der Waals surface area contributed by atoms with Gasteiger partial charge in [0.1, 0.15) is 0 Å². The Balaban J connectivity index is 1.97. The number of aromatic nitrogens is 1.